The lowest BCUT2D eigenvalue weighted by Crippen LogP contribution is -2.46. The summed E-state index contributed by atoms with van der Waals surface area (Å²) in [5.41, 5.74) is 1.45. The normalized spacial score (nSPS) is 16.4. The standard InChI is InChI=1S/C19H17ClFN3O2S/c1-10-15(18(25)23-13-8-3-4-9-14(13)26-2)17(24-19(27)22-10)16-11(20)6-5-7-12(16)21/h3-9,17H,1-2H3,(H,23,25)(H2,22,24,27)/t17-/m1/s1. The van der Waals surface area contributed by atoms with Gasteiger partial charge in [0.15, 0.2) is 5.11 Å². The minimum absolute atomic E-state index is 0.160. The number of carbonyl (C=O) groups excluding carboxylic acids is 1. The lowest BCUT2D eigenvalue weighted by Gasteiger charge is -2.31. The highest BCUT2D eigenvalue weighted by atomic mass is 35.5. The maximum atomic E-state index is 14.5. The van der Waals surface area contributed by atoms with E-state index in [1.807, 2.05) is 0 Å². The zero-order valence-corrected chi connectivity index (χ0v) is 16.2. The number of para-hydroxylation sites is 2. The molecule has 140 valence electrons. The van der Waals surface area contributed by atoms with Gasteiger partial charge in [0.05, 0.1) is 24.4 Å². The van der Waals surface area contributed by atoms with E-state index in [-0.39, 0.29) is 21.3 Å². The molecule has 1 aliphatic rings. The van der Waals surface area contributed by atoms with Gasteiger partial charge in [0.1, 0.15) is 11.6 Å². The second-order valence-corrected chi connectivity index (χ2v) is 6.68. The molecule has 0 aliphatic carbocycles. The topological polar surface area (TPSA) is 62.4 Å². The molecular weight excluding hydrogens is 389 g/mol. The first-order valence-electron chi connectivity index (χ1n) is 8.09. The number of hydrogen-bond donors (Lipinski definition) is 3. The number of halogens is 2. The average Bonchev–Trinajstić information content (AvgIpc) is 2.61. The molecule has 3 N–H and O–H groups in total. The van der Waals surface area contributed by atoms with Crippen LogP contribution in [0, 0.1) is 5.82 Å². The summed E-state index contributed by atoms with van der Waals surface area (Å²) in [4.78, 5) is 13.0. The second-order valence-electron chi connectivity index (χ2n) is 5.86. The Morgan fingerprint density at radius 2 is 2.00 bits per heavy atom. The predicted octanol–water partition coefficient (Wildman–Crippen LogP) is 3.92. The molecule has 0 radical (unpaired) electrons. The van der Waals surface area contributed by atoms with Crippen molar-refractivity contribution < 1.29 is 13.9 Å². The number of ether oxygens (including phenoxy) is 1. The van der Waals surface area contributed by atoms with Gasteiger partial charge in [-0.05, 0) is 43.4 Å². The molecule has 0 spiro atoms. The summed E-state index contributed by atoms with van der Waals surface area (Å²) in [6.45, 7) is 1.70. The van der Waals surface area contributed by atoms with Crippen LogP contribution in [0.15, 0.2) is 53.7 Å². The number of anilines is 1. The van der Waals surface area contributed by atoms with Gasteiger partial charge in [-0.3, -0.25) is 4.79 Å². The minimum Gasteiger partial charge on any atom is -0.495 e. The molecule has 0 saturated carbocycles. The monoisotopic (exact) mass is 405 g/mol. The van der Waals surface area contributed by atoms with Gasteiger partial charge in [0.2, 0.25) is 0 Å². The Hall–Kier alpha value is -2.64. The number of allylic oxidation sites excluding steroid dienone is 1. The third-order valence-corrected chi connectivity index (χ3v) is 4.71. The van der Waals surface area contributed by atoms with Crippen molar-refractivity contribution in [3.05, 3.63) is 70.1 Å². The van der Waals surface area contributed by atoms with Crippen LogP contribution < -0.4 is 20.7 Å². The first-order chi connectivity index (χ1) is 12.9. The number of amides is 1. The average molecular weight is 406 g/mol. The quantitative estimate of drug-likeness (QED) is 0.673. The molecular formula is C19H17ClFN3O2S. The van der Waals surface area contributed by atoms with Gasteiger partial charge in [-0.1, -0.05) is 29.8 Å². The molecule has 2 aromatic rings. The van der Waals surface area contributed by atoms with Crippen molar-refractivity contribution in [3.63, 3.8) is 0 Å². The highest BCUT2D eigenvalue weighted by Crippen LogP contribution is 2.34. The first-order valence-corrected chi connectivity index (χ1v) is 8.87. The van der Waals surface area contributed by atoms with Crippen molar-refractivity contribution >= 4 is 40.5 Å². The lowest BCUT2D eigenvalue weighted by molar-refractivity contribution is -0.113. The van der Waals surface area contributed by atoms with Crippen molar-refractivity contribution in [2.45, 2.75) is 13.0 Å². The molecule has 27 heavy (non-hydrogen) atoms. The molecule has 1 atom stereocenters. The second kappa shape index (κ2) is 7.94. The van der Waals surface area contributed by atoms with Crippen LogP contribution in [0.1, 0.15) is 18.5 Å². The maximum Gasteiger partial charge on any atom is 0.255 e. The zero-order valence-electron chi connectivity index (χ0n) is 14.6. The summed E-state index contributed by atoms with van der Waals surface area (Å²) in [5.74, 6) is -0.444. The number of thiocarbonyl (C=S) groups is 1. The molecule has 0 fully saturated rings. The fourth-order valence-electron chi connectivity index (χ4n) is 2.94. The number of benzene rings is 2. The zero-order chi connectivity index (χ0) is 19.6. The van der Waals surface area contributed by atoms with E-state index in [1.165, 1.54) is 19.2 Å². The molecule has 3 rings (SSSR count). The van der Waals surface area contributed by atoms with Crippen molar-refractivity contribution in [1.82, 2.24) is 10.6 Å². The summed E-state index contributed by atoms with van der Waals surface area (Å²) < 4.78 is 19.8. The number of hydrogen-bond acceptors (Lipinski definition) is 3. The molecule has 2 aromatic carbocycles. The van der Waals surface area contributed by atoms with Gasteiger partial charge >= 0.3 is 0 Å². The molecule has 1 aliphatic heterocycles. The summed E-state index contributed by atoms with van der Waals surface area (Å²) in [6, 6.07) is 10.5. The molecule has 1 heterocycles. The number of rotatable bonds is 4. The summed E-state index contributed by atoms with van der Waals surface area (Å²) >= 11 is 11.4. The fraction of sp³-hybridized carbons (Fsp3) is 0.158. The number of nitrogens with one attached hydrogen (secondary N) is 3. The van der Waals surface area contributed by atoms with E-state index in [2.05, 4.69) is 16.0 Å². The molecule has 0 unspecified atom stereocenters. The van der Waals surface area contributed by atoms with Crippen LogP contribution in [0.3, 0.4) is 0 Å². The van der Waals surface area contributed by atoms with Crippen molar-refractivity contribution in [2.24, 2.45) is 0 Å². The molecule has 8 heteroatoms. The molecule has 1 amide bonds. The third-order valence-electron chi connectivity index (χ3n) is 4.16. The minimum atomic E-state index is -0.831. The SMILES string of the molecule is COc1ccccc1NC(=O)C1=C(C)NC(=S)N[C@H]1c1c(F)cccc1Cl. The van der Waals surface area contributed by atoms with Crippen molar-refractivity contribution in [1.29, 1.82) is 0 Å². The van der Waals surface area contributed by atoms with Crippen LogP contribution >= 0.6 is 23.8 Å². The van der Waals surface area contributed by atoms with Crippen LogP contribution in [0.25, 0.3) is 0 Å². The van der Waals surface area contributed by atoms with Crippen molar-refractivity contribution in [3.8, 4) is 5.75 Å². The van der Waals surface area contributed by atoms with E-state index < -0.39 is 17.8 Å². The Balaban J connectivity index is 2.03. The van der Waals surface area contributed by atoms with Gasteiger partial charge < -0.3 is 20.7 Å². The van der Waals surface area contributed by atoms with Gasteiger partial charge in [0.25, 0.3) is 5.91 Å². The van der Waals surface area contributed by atoms with E-state index in [9.17, 15) is 9.18 Å². The molecule has 0 saturated heterocycles. The Labute approximate surface area is 166 Å². The molecule has 0 bridgehead atoms. The first kappa shape index (κ1) is 19.1. The van der Waals surface area contributed by atoms with Crippen LogP contribution in [0.2, 0.25) is 5.02 Å². The van der Waals surface area contributed by atoms with E-state index >= 15 is 0 Å². The summed E-state index contributed by atoms with van der Waals surface area (Å²) in [5, 5.41) is 9.13. The van der Waals surface area contributed by atoms with Gasteiger partial charge in [-0.2, -0.15) is 0 Å². The van der Waals surface area contributed by atoms with E-state index in [0.717, 1.165) is 0 Å². The van der Waals surface area contributed by atoms with E-state index in [0.29, 0.717) is 17.1 Å². The summed E-state index contributed by atoms with van der Waals surface area (Å²) in [6.07, 6.45) is 0. The predicted molar refractivity (Wildman–Crippen MR) is 107 cm³/mol. The van der Waals surface area contributed by atoms with E-state index in [4.69, 9.17) is 28.6 Å². The van der Waals surface area contributed by atoms with Crippen LogP contribution in [0.5, 0.6) is 5.75 Å². The fourth-order valence-corrected chi connectivity index (χ4v) is 3.48. The van der Waals surface area contributed by atoms with Gasteiger partial charge in [-0.25, -0.2) is 4.39 Å². The largest absolute Gasteiger partial charge is 0.495 e. The Morgan fingerprint density at radius 1 is 1.26 bits per heavy atom. The third kappa shape index (κ3) is 3.89. The smallest absolute Gasteiger partial charge is 0.255 e. The van der Waals surface area contributed by atoms with Crippen LogP contribution in [-0.2, 0) is 4.79 Å². The lowest BCUT2D eigenvalue weighted by atomic mass is 9.94. The Morgan fingerprint density at radius 3 is 2.70 bits per heavy atom. The Kier molecular flexibility index (Phi) is 5.62. The van der Waals surface area contributed by atoms with Gasteiger partial charge in [-0.15, -0.1) is 0 Å². The molecule has 0 aromatic heterocycles. The van der Waals surface area contributed by atoms with Crippen LogP contribution in [0.4, 0.5) is 10.1 Å². The van der Waals surface area contributed by atoms with E-state index in [1.54, 1.807) is 37.3 Å². The molecule has 5 nitrogen and oxygen atoms in total. The Bertz CT molecular complexity index is 928. The van der Waals surface area contributed by atoms with Crippen molar-refractivity contribution in [2.75, 3.05) is 12.4 Å². The number of methoxy groups -OCH3 is 1. The number of carbonyl (C=O) groups is 1. The van der Waals surface area contributed by atoms with Gasteiger partial charge in [0, 0.05) is 16.3 Å². The maximum absolute atomic E-state index is 14.5. The van der Waals surface area contributed by atoms with Crippen LogP contribution in [-0.4, -0.2) is 18.1 Å². The summed E-state index contributed by atoms with van der Waals surface area (Å²) in [7, 11) is 1.51. The highest BCUT2D eigenvalue weighted by molar-refractivity contribution is 7.80. The highest BCUT2D eigenvalue weighted by Gasteiger charge is 2.33.